The second-order valence-corrected chi connectivity index (χ2v) is 22.4. The minimum atomic E-state index is -1.67. The third kappa shape index (κ3) is 8.49. The van der Waals surface area contributed by atoms with Crippen LogP contribution in [0.15, 0.2) is 11.6 Å². The summed E-state index contributed by atoms with van der Waals surface area (Å²) < 4.78 is 36.6. The second-order valence-electron chi connectivity index (χ2n) is 22.4. The summed E-state index contributed by atoms with van der Waals surface area (Å²) >= 11 is 0. The molecule has 0 aromatic heterocycles. The van der Waals surface area contributed by atoms with E-state index in [1.54, 1.807) is 0 Å². The quantitative estimate of drug-likeness (QED) is 0.0892. The third-order valence-electron chi connectivity index (χ3n) is 18.4. The van der Waals surface area contributed by atoms with Gasteiger partial charge in [0.15, 0.2) is 18.9 Å². The van der Waals surface area contributed by atoms with Gasteiger partial charge in [0.2, 0.25) is 0 Å². The van der Waals surface area contributed by atoms with Crippen molar-refractivity contribution in [3.05, 3.63) is 11.6 Å². The average molecular weight is 917 g/mol. The molecule has 0 aromatic carbocycles. The molecule has 7 rings (SSSR count). The van der Waals surface area contributed by atoms with Crippen LogP contribution in [-0.2, 0) is 28.4 Å². The molecule has 3 saturated heterocycles. The van der Waals surface area contributed by atoms with Gasteiger partial charge in [-0.05, 0) is 124 Å². The Hall–Kier alpha value is -0.940. The van der Waals surface area contributed by atoms with Gasteiger partial charge in [-0.1, -0.05) is 46.3 Å². The Morgan fingerprint density at radius 2 is 1.19 bits per heavy atom. The van der Waals surface area contributed by atoms with Gasteiger partial charge in [-0.25, -0.2) is 0 Å². The summed E-state index contributed by atoms with van der Waals surface area (Å²) in [5.74, 6) is -0.0472. The Balaban J connectivity index is 1.11. The van der Waals surface area contributed by atoms with E-state index in [2.05, 4.69) is 40.7 Å². The first-order valence-corrected chi connectivity index (χ1v) is 23.8. The molecule has 0 spiro atoms. The molecule has 24 atom stereocenters. The van der Waals surface area contributed by atoms with Gasteiger partial charge in [0.1, 0.15) is 67.1 Å². The monoisotopic (exact) mass is 917 g/mol. The van der Waals surface area contributed by atoms with E-state index in [9.17, 15) is 56.2 Å². The number of allylic oxidation sites excluding steroid dienone is 2. The van der Waals surface area contributed by atoms with Crippen molar-refractivity contribution in [2.75, 3.05) is 19.8 Å². The molecule has 0 unspecified atom stereocenters. The van der Waals surface area contributed by atoms with Crippen molar-refractivity contribution < 1.29 is 84.6 Å². The van der Waals surface area contributed by atoms with Crippen LogP contribution in [0.4, 0.5) is 0 Å². The summed E-state index contributed by atoms with van der Waals surface area (Å²) in [5.41, 5.74) is -0.947. The molecular formula is C47H80O17. The molecule has 3 aliphatic heterocycles. The topological polar surface area (TPSA) is 278 Å². The van der Waals surface area contributed by atoms with Crippen LogP contribution < -0.4 is 0 Å². The Kier molecular flexibility index (Phi) is 14.9. The lowest BCUT2D eigenvalue weighted by Crippen LogP contribution is -2.67. The molecule has 370 valence electrons. The molecule has 4 aliphatic carbocycles. The number of hydrogen-bond donors (Lipinski definition) is 11. The predicted octanol–water partition coefficient (Wildman–Crippen LogP) is 0.612. The predicted molar refractivity (Wildman–Crippen MR) is 228 cm³/mol. The highest BCUT2D eigenvalue weighted by Crippen LogP contribution is 2.76. The number of rotatable bonds is 13. The van der Waals surface area contributed by atoms with E-state index < -0.39 is 123 Å². The summed E-state index contributed by atoms with van der Waals surface area (Å²) in [6.45, 7) is 16.1. The molecule has 0 amide bonds. The van der Waals surface area contributed by atoms with Crippen molar-refractivity contribution in [3.63, 3.8) is 0 Å². The maximum absolute atomic E-state index is 12.7. The van der Waals surface area contributed by atoms with Gasteiger partial charge >= 0.3 is 0 Å². The van der Waals surface area contributed by atoms with Crippen molar-refractivity contribution in [2.45, 2.75) is 217 Å². The summed E-state index contributed by atoms with van der Waals surface area (Å²) in [5, 5.41) is 118. The summed E-state index contributed by atoms with van der Waals surface area (Å²) in [6.07, 6.45) is -11.9. The van der Waals surface area contributed by atoms with Crippen molar-refractivity contribution >= 4 is 0 Å². The molecule has 3 heterocycles. The minimum absolute atomic E-state index is 0.149. The van der Waals surface area contributed by atoms with Gasteiger partial charge in [0.05, 0.1) is 37.6 Å². The van der Waals surface area contributed by atoms with Gasteiger partial charge in [-0.3, -0.25) is 0 Å². The first-order chi connectivity index (χ1) is 29.9. The van der Waals surface area contributed by atoms with E-state index in [4.69, 9.17) is 28.4 Å². The third-order valence-corrected chi connectivity index (χ3v) is 18.4. The highest BCUT2D eigenvalue weighted by atomic mass is 16.7. The fourth-order valence-corrected chi connectivity index (χ4v) is 14.6. The largest absolute Gasteiger partial charge is 0.394 e. The minimum Gasteiger partial charge on any atom is -0.394 e. The Morgan fingerprint density at radius 1 is 0.641 bits per heavy atom. The number of hydrogen-bond acceptors (Lipinski definition) is 17. The van der Waals surface area contributed by atoms with E-state index >= 15 is 0 Å². The number of aliphatic hydroxyl groups is 11. The maximum Gasteiger partial charge on any atom is 0.187 e. The van der Waals surface area contributed by atoms with Crippen LogP contribution in [0.3, 0.4) is 0 Å². The van der Waals surface area contributed by atoms with Crippen molar-refractivity contribution in [1.29, 1.82) is 0 Å². The van der Waals surface area contributed by atoms with Crippen molar-refractivity contribution in [2.24, 2.45) is 45.3 Å². The first kappa shape index (κ1) is 50.9. The lowest BCUT2D eigenvalue weighted by Gasteiger charge is -2.71. The molecule has 4 saturated carbocycles. The fourth-order valence-electron chi connectivity index (χ4n) is 14.6. The molecule has 64 heavy (non-hydrogen) atoms. The van der Waals surface area contributed by atoms with Crippen molar-refractivity contribution in [1.82, 2.24) is 0 Å². The van der Waals surface area contributed by atoms with E-state index in [-0.39, 0.29) is 46.0 Å². The second kappa shape index (κ2) is 18.8. The average Bonchev–Trinajstić information content (AvgIpc) is 3.76. The summed E-state index contributed by atoms with van der Waals surface area (Å²) in [4.78, 5) is 0. The molecule has 17 heteroatoms. The lowest BCUT2D eigenvalue weighted by molar-refractivity contribution is -0.342. The van der Waals surface area contributed by atoms with Crippen LogP contribution in [-0.4, -0.2) is 180 Å². The molecule has 0 aromatic rings. The fraction of sp³-hybridized carbons (Fsp3) is 0.957. The number of fused-ring (bicyclic) bond motifs is 5. The molecule has 11 N–H and O–H groups in total. The molecular weight excluding hydrogens is 836 g/mol. The van der Waals surface area contributed by atoms with E-state index in [0.717, 1.165) is 37.7 Å². The molecule has 0 bridgehead atoms. The van der Waals surface area contributed by atoms with Crippen LogP contribution >= 0.6 is 0 Å². The zero-order chi connectivity index (χ0) is 47.1. The Labute approximate surface area is 377 Å². The smallest absolute Gasteiger partial charge is 0.187 e. The zero-order valence-corrected chi connectivity index (χ0v) is 39.0. The summed E-state index contributed by atoms with van der Waals surface area (Å²) in [7, 11) is 0. The maximum atomic E-state index is 12.7. The Morgan fingerprint density at radius 3 is 1.81 bits per heavy atom. The van der Waals surface area contributed by atoms with Crippen LogP contribution in [0, 0.1) is 45.3 Å². The highest BCUT2D eigenvalue weighted by molar-refractivity contribution is 5.20. The van der Waals surface area contributed by atoms with Gasteiger partial charge in [-0.15, -0.1) is 0 Å². The summed E-state index contributed by atoms with van der Waals surface area (Å²) in [6, 6.07) is 0. The molecule has 7 aliphatic rings. The normalized spacial score (nSPS) is 52.3. The van der Waals surface area contributed by atoms with Gasteiger partial charge in [0.25, 0.3) is 0 Å². The standard InChI is InChI=1S/C47H80O17/c1-22(2)10-9-14-47(8,64-42-39(58)36(55)34(53)27(62-42)21-59-40-37(56)33(52)26(20-49)60-40)23-11-16-46(7)31(23)24(50)18-29-44(5)15-13-30(43(3,4)28(44)12-17-45(29,46)6)63-41-38(57)35(54)32(51)25(19-48)61-41/h10,23-42,48-58H,9,11-21H2,1-8H3/t23-,24+,25+,26-,27+,28+,29+,30+,31-,32+,33-,34+,35-,36-,37+,38+,39+,40+,41-,42-,44+,45+,46+,47-/m0/s1. The van der Waals surface area contributed by atoms with Gasteiger partial charge in [-0.2, -0.15) is 0 Å². The van der Waals surface area contributed by atoms with E-state index in [1.165, 1.54) is 0 Å². The number of ether oxygens (including phenoxy) is 6. The van der Waals surface area contributed by atoms with Crippen molar-refractivity contribution in [3.8, 4) is 0 Å². The van der Waals surface area contributed by atoms with Gasteiger partial charge < -0.3 is 84.6 Å². The Bertz CT molecular complexity index is 1630. The van der Waals surface area contributed by atoms with Crippen LogP contribution in [0.25, 0.3) is 0 Å². The number of aliphatic hydroxyl groups excluding tert-OH is 11. The first-order valence-electron chi connectivity index (χ1n) is 23.8. The van der Waals surface area contributed by atoms with Crippen LogP contribution in [0.2, 0.25) is 0 Å². The molecule has 0 radical (unpaired) electrons. The van der Waals surface area contributed by atoms with Crippen LogP contribution in [0.5, 0.6) is 0 Å². The highest BCUT2D eigenvalue weighted by Gasteiger charge is 2.72. The van der Waals surface area contributed by atoms with E-state index in [0.29, 0.717) is 25.7 Å². The van der Waals surface area contributed by atoms with Crippen LogP contribution in [0.1, 0.15) is 113 Å². The lowest BCUT2D eigenvalue weighted by atomic mass is 9.35. The van der Waals surface area contributed by atoms with E-state index in [1.807, 2.05) is 20.8 Å². The molecule has 7 fully saturated rings. The SMILES string of the molecule is CC(C)=CCC[C@](C)(O[C@@H]1O[C@H](CO[C@@H]2O[C@@H](CO)[C@H](O)[C@H]2O)[C@@H](O)[C@H](O)[C@H]1O)[C@H]1CC[C@]2(C)[C@@H]1[C@H](O)C[C@@H]1[C@]3(C)CC[C@@H](O[C@@H]4O[C@H](CO)[C@@H](O)[C@H](O)[C@H]4O)C(C)(C)[C@H]3CC[C@]12C. The zero-order valence-electron chi connectivity index (χ0n) is 39.0. The molecule has 17 nitrogen and oxygen atoms in total. The van der Waals surface area contributed by atoms with Gasteiger partial charge in [0, 0.05) is 0 Å².